The van der Waals surface area contributed by atoms with Crippen molar-refractivity contribution < 1.29 is 23.8 Å². The normalized spacial score (nSPS) is 24.0. The van der Waals surface area contributed by atoms with E-state index in [0.717, 1.165) is 48.1 Å². The molecule has 1 aromatic carbocycles. The van der Waals surface area contributed by atoms with Gasteiger partial charge in [-0.1, -0.05) is 19.9 Å². The number of methoxy groups -OCH3 is 1. The van der Waals surface area contributed by atoms with Gasteiger partial charge in [-0.25, -0.2) is 9.59 Å². The van der Waals surface area contributed by atoms with Gasteiger partial charge in [-0.05, 0) is 62.4 Å². The van der Waals surface area contributed by atoms with Gasteiger partial charge in [0.1, 0.15) is 18.5 Å². The molecule has 1 N–H and O–H groups in total. The van der Waals surface area contributed by atoms with Gasteiger partial charge in [0.2, 0.25) is 0 Å². The number of carbonyl (C=O) groups is 2. The van der Waals surface area contributed by atoms with Crippen molar-refractivity contribution in [1.82, 2.24) is 15.2 Å². The second-order valence-corrected chi connectivity index (χ2v) is 9.47. The molecule has 1 aromatic heterocycles. The van der Waals surface area contributed by atoms with E-state index in [-0.39, 0.29) is 19.2 Å². The van der Waals surface area contributed by atoms with E-state index in [0.29, 0.717) is 17.4 Å². The lowest BCUT2D eigenvalue weighted by molar-refractivity contribution is -0.138. The van der Waals surface area contributed by atoms with Crippen molar-refractivity contribution in [1.29, 1.82) is 0 Å². The Hall–Kier alpha value is -3.13. The summed E-state index contributed by atoms with van der Waals surface area (Å²) in [6.07, 6.45) is 4.10. The van der Waals surface area contributed by atoms with Crippen LogP contribution >= 0.6 is 0 Å². The van der Waals surface area contributed by atoms with Crippen molar-refractivity contribution in [3.8, 4) is 5.75 Å². The number of fused-ring (bicyclic) bond motifs is 4. The van der Waals surface area contributed by atoms with E-state index in [1.54, 1.807) is 20.2 Å². The highest BCUT2D eigenvalue weighted by Gasteiger charge is 2.44. The lowest BCUT2D eigenvalue weighted by Crippen LogP contribution is -2.56. The molecule has 188 valence electrons. The van der Waals surface area contributed by atoms with Crippen LogP contribution < -0.4 is 10.1 Å². The maximum Gasteiger partial charge on any atom is 0.407 e. The minimum Gasteiger partial charge on any atom is -0.497 e. The second-order valence-electron chi connectivity index (χ2n) is 9.47. The van der Waals surface area contributed by atoms with Crippen molar-refractivity contribution in [2.75, 3.05) is 33.4 Å². The Labute approximate surface area is 206 Å². The molecule has 0 aliphatic carbocycles. The Balaban J connectivity index is 1.57. The molecule has 8 nitrogen and oxygen atoms in total. The van der Waals surface area contributed by atoms with Crippen molar-refractivity contribution in [3.05, 3.63) is 48.2 Å². The summed E-state index contributed by atoms with van der Waals surface area (Å²) >= 11 is 0. The van der Waals surface area contributed by atoms with E-state index >= 15 is 0 Å². The monoisotopic (exact) mass is 481 g/mol. The molecule has 0 radical (unpaired) electrons. The van der Waals surface area contributed by atoms with Crippen LogP contribution in [0.25, 0.3) is 10.9 Å². The fourth-order valence-electron chi connectivity index (χ4n) is 5.41. The van der Waals surface area contributed by atoms with Gasteiger partial charge in [-0.3, -0.25) is 9.88 Å². The molecule has 3 saturated heterocycles. The van der Waals surface area contributed by atoms with Crippen LogP contribution in [0.1, 0.15) is 44.8 Å². The zero-order valence-corrected chi connectivity index (χ0v) is 20.8. The first kappa shape index (κ1) is 25.0. The molecule has 1 amide bonds. The molecular formula is C27H35N3O5. The SMILES string of the molecule is C=C(C)C(=O)OCCNC(=O)OC(c1ccnc2ccc(OC)cc12)C1CC2CCN1CC2CC. The number of carbonyl (C=O) groups excluding carboxylic acids is 2. The molecule has 3 aliphatic heterocycles. The van der Waals surface area contributed by atoms with Crippen LogP contribution in [-0.2, 0) is 14.3 Å². The van der Waals surface area contributed by atoms with Gasteiger partial charge in [0.15, 0.2) is 0 Å². The molecule has 3 fully saturated rings. The maximum absolute atomic E-state index is 12.9. The molecule has 0 spiro atoms. The topological polar surface area (TPSA) is 90.0 Å². The number of aromatic nitrogens is 1. The minimum absolute atomic E-state index is 0.0522. The highest BCUT2D eigenvalue weighted by atomic mass is 16.6. The number of piperidine rings is 3. The van der Waals surface area contributed by atoms with Crippen molar-refractivity contribution in [2.45, 2.75) is 45.3 Å². The average molecular weight is 482 g/mol. The standard InChI is InChI=1S/C27H35N3O5/c1-5-18-16-30-12-9-19(18)14-24(30)25(35-27(32)29-11-13-34-26(31)17(2)3)21-8-10-28-23-7-6-20(33-4)15-22(21)23/h6-8,10,15,18-19,24-25H,2,5,9,11-14,16H2,1,3-4H3,(H,29,32). The first-order chi connectivity index (χ1) is 16.9. The zero-order chi connectivity index (χ0) is 24.9. The lowest BCUT2D eigenvalue weighted by atomic mass is 9.72. The van der Waals surface area contributed by atoms with Gasteiger partial charge in [0.05, 0.1) is 25.2 Å². The van der Waals surface area contributed by atoms with E-state index in [9.17, 15) is 9.59 Å². The van der Waals surface area contributed by atoms with Crippen molar-refractivity contribution in [3.63, 3.8) is 0 Å². The summed E-state index contributed by atoms with van der Waals surface area (Å²) in [6, 6.07) is 7.78. The zero-order valence-electron chi connectivity index (χ0n) is 20.8. The van der Waals surface area contributed by atoms with Gasteiger partial charge >= 0.3 is 12.1 Å². The van der Waals surface area contributed by atoms with Crippen molar-refractivity contribution in [2.24, 2.45) is 11.8 Å². The summed E-state index contributed by atoms with van der Waals surface area (Å²) in [6.45, 7) is 9.64. The number of rotatable bonds is 9. The number of pyridine rings is 1. The van der Waals surface area contributed by atoms with Crippen LogP contribution in [0.4, 0.5) is 4.79 Å². The number of nitrogens with zero attached hydrogens (tertiary/aromatic N) is 2. The van der Waals surface area contributed by atoms with Gasteiger partial charge in [-0.15, -0.1) is 0 Å². The smallest absolute Gasteiger partial charge is 0.407 e. The fraction of sp³-hybridized carbons (Fsp3) is 0.519. The molecule has 3 aliphatic rings. The Kier molecular flexibility index (Phi) is 7.90. The molecule has 0 saturated carbocycles. The molecule has 8 heteroatoms. The van der Waals surface area contributed by atoms with Gasteiger partial charge in [-0.2, -0.15) is 0 Å². The Bertz CT molecular complexity index is 1090. The molecule has 5 atom stereocenters. The van der Waals surface area contributed by atoms with Crippen LogP contribution in [0.5, 0.6) is 5.75 Å². The number of benzene rings is 1. The van der Waals surface area contributed by atoms with E-state index in [1.165, 1.54) is 6.42 Å². The number of esters is 1. The molecule has 2 bridgehead atoms. The van der Waals surface area contributed by atoms with E-state index < -0.39 is 18.2 Å². The molecule has 2 aromatic rings. The van der Waals surface area contributed by atoms with Crippen LogP contribution in [0.3, 0.4) is 0 Å². The summed E-state index contributed by atoms with van der Waals surface area (Å²) < 4.78 is 16.6. The Morgan fingerprint density at radius 3 is 2.83 bits per heavy atom. The van der Waals surface area contributed by atoms with Gasteiger partial charge in [0.25, 0.3) is 0 Å². The van der Waals surface area contributed by atoms with E-state index in [4.69, 9.17) is 14.2 Å². The van der Waals surface area contributed by atoms with Crippen LogP contribution in [0, 0.1) is 11.8 Å². The summed E-state index contributed by atoms with van der Waals surface area (Å²) in [5, 5.41) is 3.64. The molecule has 35 heavy (non-hydrogen) atoms. The number of amides is 1. The first-order valence-electron chi connectivity index (χ1n) is 12.3. The number of nitrogens with one attached hydrogen (secondary N) is 1. The molecule has 4 heterocycles. The summed E-state index contributed by atoms with van der Waals surface area (Å²) in [5.41, 5.74) is 2.06. The van der Waals surface area contributed by atoms with E-state index in [2.05, 4.69) is 28.7 Å². The number of ether oxygens (including phenoxy) is 3. The maximum atomic E-state index is 12.9. The lowest BCUT2D eigenvalue weighted by Gasteiger charge is -2.51. The third kappa shape index (κ3) is 5.59. The van der Waals surface area contributed by atoms with E-state index in [1.807, 2.05) is 24.3 Å². The number of hydrogen-bond donors (Lipinski definition) is 1. The number of alkyl carbamates (subject to hydrolysis) is 1. The molecular weight excluding hydrogens is 446 g/mol. The third-order valence-electron chi connectivity index (χ3n) is 7.29. The summed E-state index contributed by atoms with van der Waals surface area (Å²) in [7, 11) is 1.63. The van der Waals surface area contributed by atoms with Crippen LogP contribution in [-0.4, -0.2) is 61.3 Å². The predicted molar refractivity (Wildman–Crippen MR) is 133 cm³/mol. The molecule has 5 rings (SSSR count). The highest BCUT2D eigenvalue weighted by molar-refractivity contribution is 5.87. The predicted octanol–water partition coefficient (Wildman–Crippen LogP) is 4.25. The average Bonchev–Trinajstić information content (AvgIpc) is 2.89. The first-order valence-corrected chi connectivity index (χ1v) is 12.3. The minimum atomic E-state index is -0.538. The summed E-state index contributed by atoms with van der Waals surface area (Å²) in [5.74, 6) is 1.57. The quantitative estimate of drug-likeness (QED) is 0.325. The van der Waals surface area contributed by atoms with Crippen LogP contribution in [0.15, 0.2) is 42.6 Å². The fourth-order valence-corrected chi connectivity index (χ4v) is 5.41. The second kappa shape index (κ2) is 11.1. The largest absolute Gasteiger partial charge is 0.497 e. The third-order valence-corrected chi connectivity index (χ3v) is 7.29. The van der Waals surface area contributed by atoms with Crippen molar-refractivity contribution >= 4 is 23.0 Å². The Morgan fingerprint density at radius 2 is 2.14 bits per heavy atom. The molecule has 5 unspecified atom stereocenters. The van der Waals surface area contributed by atoms with Gasteiger partial charge in [0, 0.05) is 29.3 Å². The highest BCUT2D eigenvalue weighted by Crippen LogP contribution is 2.44. The van der Waals surface area contributed by atoms with Crippen LogP contribution in [0.2, 0.25) is 0 Å². The number of hydrogen-bond acceptors (Lipinski definition) is 7. The summed E-state index contributed by atoms with van der Waals surface area (Å²) in [4.78, 5) is 31.4. The van der Waals surface area contributed by atoms with Gasteiger partial charge < -0.3 is 19.5 Å². The Morgan fingerprint density at radius 1 is 1.31 bits per heavy atom.